The van der Waals surface area contributed by atoms with Crippen LogP contribution in [0.25, 0.3) is 10.1 Å². The van der Waals surface area contributed by atoms with E-state index in [1.807, 2.05) is 0 Å². The zero-order valence-corrected chi connectivity index (χ0v) is 15.0. The van der Waals surface area contributed by atoms with Gasteiger partial charge in [0.2, 0.25) is 0 Å². The van der Waals surface area contributed by atoms with Crippen LogP contribution in [0.4, 0.5) is 14.5 Å². The zero-order valence-electron chi connectivity index (χ0n) is 13.4. The van der Waals surface area contributed by atoms with E-state index in [0.29, 0.717) is 15.6 Å². The highest BCUT2D eigenvalue weighted by atomic mass is 35.5. The second kappa shape index (κ2) is 7.39. The van der Waals surface area contributed by atoms with Crippen molar-refractivity contribution in [2.45, 2.75) is 6.92 Å². The van der Waals surface area contributed by atoms with Crippen molar-refractivity contribution < 1.29 is 23.1 Å². The molecule has 0 spiro atoms. The van der Waals surface area contributed by atoms with Gasteiger partial charge in [-0.15, -0.1) is 11.3 Å². The predicted octanol–water partition coefficient (Wildman–Crippen LogP) is 4.94. The van der Waals surface area contributed by atoms with Crippen LogP contribution in [0.5, 0.6) is 0 Å². The number of benzene rings is 2. The molecule has 0 aliphatic rings. The van der Waals surface area contributed by atoms with E-state index in [2.05, 4.69) is 5.32 Å². The number of carbonyl (C=O) groups excluding carboxylic acids is 2. The molecule has 0 aliphatic carbocycles. The van der Waals surface area contributed by atoms with Crippen LogP contribution in [0.15, 0.2) is 36.4 Å². The van der Waals surface area contributed by atoms with Crippen LogP contribution in [0, 0.1) is 18.6 Å². The van der Waals surface area contributed by atoms with Gasteiger partial charge in [0.25, 0.3) is 5.91 Å². The number of ether oxygens (including phenoxy) is 1. The van der Waals surface area contributed by atoms with E-state index >= 15 is 0 Å². The van der Waals surface area contributed by atoms with Crippen LogP contribution in [0.2, 0.25) is 5.02 Å². The summed E-state index contributed by atoms with van der Waals surface area (Å²) in [6.45, 7) is 1.04. The second-order valence-corrected chi connectivity index (χ2v) is 6.90. The minimum Gasteiger partial charge on any atom is -0.451 e. The van der Waals surface area contributed by atoms with E-state index in [1.165, 1.54) is 36.4 Å². The summed E-state index contributed by atoms with van der Waals surface area (Å²) in [5.74, 6) is -2.31. The Labute approximate surface area is 156 Å². The van der Waals surface area contributed by atoms with Gasteiger partial charge in [-0.2, -0.15) is 0 Å². The largest absolute Gasteiger partial charge is 0.451 e. The molecule has 1 heterocycles. The van der Waals surface area contributed by atoms with E-state index in [0.717, 1.165) is 11.3 Å². The van der Waals surface area contributed by atoms with Gasteiger partial charge in [-0.3, -0.25) is 4.79 Å². The van der Waals surface area contributed by atoms with Crippen molar-refractivity contribution in [1.82, 2.24) is 0 Å². The van der Waals surface area contributed by atoms with Crippen LogP contribution in [-0.4, -0.2) is 18.5 Å². The van der Waals surface area contributed by atoms with E-state index in [1.54, 1.807) is 6.92 Å². The molecule has 0 saturated carbocycles. The van der Waals surface area contributed by atoms with Gasteiger partial charge in [0.15, 0.2) is 6.61 Å². The molecule has 26 heavy (non-hydrogen) atoms. The maximum absolute atomic E-state index is 13.5. The topological polar surface area (TPSA) is 55.4 Å². The molecule has 2 aromatic carbocycles. The van der Waals surface area contributed by atoms with E-state index < -0.39 is 30.1 Å². The van der Waals surface area contributed by atoms with Crippen LogP contribution < -0.4 is 5.32 Å². The number of aryl methyl sites for hydroxylation is 1. The van der Waals surface area contributed by atoms with Crippen LogP contribution in [0.3, 0.4) is 0 Å². The molecule has 0 atom stereocenters. The molecule has 0 radical (unpaired) electrons. The summed E-state index contributed by atoms with van der Waals surface area (Å²) < 4.78 is 32.2. The number of nitrogens with one attached hydrogen (secondary N) is 1. The third-order valence-electron chi connectivity index (χ3n) is 3.57. The highest BCUT2D eigenvalue weighted by Gasteiger charge is 2.20. The van der Waals surface area contributed by atoms with Crippen LogP contribution in [0.1, 0.15) is 15.2 Å². The summed E-state index contributed by atoms with van der Waals surface area (Å²) in [7, 11) is 0. The number of halogens is 3. The molecule has 0 saturated heterocycles. The Balaban J connectivity index is 1.65. The lowest BCUT2D eigenvalue weighted by atomic mass is 10.2. The predicted molar refractivity (Wildman–Crippen MR) is 96.8 cm³/mol. The van der Waals surface area contributed by atoms with Crippen molar-refractivity contribution >= 4 is 50.6 Å². The standard InChI is InChI=1S/C18H12ClF2NO3S/c1-9-2-4-11(7-13(9)21)22-15(23)8-25-18(24)17-16(19)12-5-3-10(20)6-14(12)26-17/h2-7H,8H2,1H3,(H,22,23). The molecule has 8 heteroatoms. The van der Waals surface area contributed by atoms with Gasteiger partial charge in [-0.05, 0) is 42.8 Å². The molecule has 3 rings (SSSR count). The molecule has 0 unspecified atom stereocenters. The maximum atomic E-state index is 13.5. The van der Waals surface area contributed by atoms with E-state index in [9.17, 15) is 18.4 Å². The smallest absolute Gasteiger partial charge is 0.350 e. The Morgan fingerprint density at radius 2 is 1.96 bits per heavy atom. The molecular formula is C18H12ClF2NO3S. The lowest BCUT2D eigenvalue weighted by molar-refractivity contribution is -0.119. The maximum Gasteiger partial charge on any atom is 0.350 e. The molecule has 0 bridgehead atoms. The molecule has 4 nitrogen and oxygen atoms in total. The van der Waals surface area contributed by atoms with Gasteiger partial charge in [-0.25, -0.2) is 13.6 Å². The molecule has 0 aliphatic heterocycles. The molecular weight excluding hydrogens is 384 g/mol. The zero-order chi connectivity index (χ0) is 18.8. The van der Waals surface area contributed by atoms with Crippen molar-refractivity contribution in [2.24, 2.45) is 0 Å². The number of thiophene rings is 1. The minimum atomic E-state index is -0.790. The van der Waals surface area contributed by atoms with E-state index in [-0.39, 0.29) is 15.6 Å². The van der Waals surface area contributed by atoms with Crippen molar-refractivity contribution in [3.63, 3.8) is 0 Å². The Morgan fingerprint density at radius 3 is 2.69 bits per heavy atom. The Hall–Kier alpha value is -2.51. The van der Waals surface area contributed by atoms with Gasteiger partial charge in [0.05, 0.1) is 5.02 Å². The van der Waals surface area contributed by atoms with Crippen molar-refractivity contribution in [3.8, 4) is 0 Å². The van der Waals surface area contributed by atoms with E-state index in [4.69, 9.17) is 16.3 Å². The lowest BCUT2D eigenvalue weighted by Crippen LogP contribution is -2.20. The Bertz CT molecular complexity index is 1020. The fourth-order valence-corrected chi connectivity index (χ4v) is 3.66. The number of hydrogen-bond donors (Lipinski definition) is 1. The summed E-state index contributed by atoms with van der Waals surface area (Å²) in [6, 6.07) is 8.21. The molecule has 1 N–H and O–H groups in total. The fourth-order valence-electron chi connectivity index (χ4n) is 2.23. The van der Waals surface area contributed by atoms with Gasteiger partial charge in [0, 0.05) is 15.8 Å². The first-order valence-corrected chi connectivity index (χ1v) is 8.65. The van der Waals surface area contributed by atoms with Gasteiger partial charge in [0.1, 0.15) is 16.5 Å². The molecule has 134 valence electrons. The molecule has 3 aromatic rings. The van der Waals surface area contributed by atoms with Gasteiger partial charge >= 0.3 is 5.97 Å². The van der Waals surface area contributed by atoms with Gasteiger partial charge < -0.3 is 10.1 Å². The normalized spacial score (nSPS) is 10.8. The average molecular weight is 396 g/mol. The quantitative estimate of drug-likeness (QED) is 0.637. The Kier molecular flexibility index (Phi) is 5.20. The highest BCUT2D eigenvalue weighted by Crippen LogP contribution is 2.36. The fraction of sp³-hybridized carbons (Fsp3) is 0.111. The van der Waals surface area contributed by atoms with Crippen molar-refractivity contribution in [1.29, 1.82) is 0 Å². The first-order valence-electron chi connectivity index (χ1n) is 7.46. The van der Waals surface area contributed by atoms with Crippen molar-refractivity contribution in [3.05, 3.63) is 63.5 Å². The number of esters is 1. The number of fused-ring (bicyclic) bond motifs is 1. The molecule has 1 amide bonds. The van der Waals surface area contributed by atoms with Crippen molar-refractivity contribution in [2.75, 3.05) is 11.9 Å². The summed E-state index contributed by atoms with van der Waals surface area (Å²) in [5, 5.41) is 3.11. The SMILES string of the molecule is Cc1ccc(NC(=O)COC(=O)c2sc3cc(F)ccc3c2Cl)cc1F. The first kappa shape index (κ1) is 18.3. The highest BCUT2D eigenvalue weighted by molar-refractivity contribution is 7.21. The lowest BCUT2D eigenvalue weighted by Gasteiger charge is -2.07. The summed E-state index contributed by atoms with van der Waals surface area (Å²) >= 11 is 7.10. The third kappa shape index (κ3) is 3.84. The number of carbonyl (C=O) groups is 2. The number of hydrogen-bond acceptors (Lipinski definition) is 4. The number of amides is 1. The summed E-state index contributed by atoms with van der Waals surface area (Å²) in [5.41, 5.74) is 0.704. The molecule has 0 fully saturated rings. The summed E-state index contributed by atoms with van der Waals surface area (Å²) in [4.78, 5) is 24.1. The minimum absolute atomic E-state index is 0.0847. The second-order valence-electron chi connectivity index (χ2n) is 5.47. The first-order chi connectivity index (χ1) is 12.3. The number of rotatable bonds is 4. The number of anilines is 1. The van der Waals surface area contributed by atoms with Crippen LogP contribution in [-0.2, 0) is 9.53 Å². The average Bonchev–Trinajstić information content (AvgIpc) is 2.92. The van der Waals surface area contributed by atoms with Crippen LogP contribution >= 0.6 is 22.9 Å². The molecule has 1 aromatic heterocycles. The monoisotopic (exact) mass is 395 g/mol. The Morgan fingerprint density at radius 1 is 1.19 bits per heavy atom. The third-order valence-corrected chi connectivity index (χ3v) is 5.20. The summed E-state index contributed by atoms with van der Waals surface area (Å²) in [6.07, 6.45) is 0. The van der Waals surface area contributed by atoms with Gasteiger partial charge in [-0.1, -0.05) is 17.7 Å².